The molecule has 0 bridgehead atoms. The fourth-order valence-corrected chi connectivity index (χ4v) is 2.88. The van der Waals surface area contributed by atoms with Gasteiger partial charge in [0, 0.05) is 16.1 Å². The minimum absolute atomic E-state index is 0.0576. The van der Waals surface area contributed by atoms with Gasteiger partial charge in [-0.1, -0.05) is 29.3 Å². The second-order valence-electron chi connectivity index (χ2n) is 4.53. The van der Waals surface area contributed by atoms with Crippen molar-refractivity contribution in [2.45, 2.75) is 24.6 Å². The SMILES string of the molecule is CC(NCc1ccc(S(N)(=O)=O)o1)c1ccc(Cl)cc1Cl. The van der Waals surface area contributed by atoms with E-state index < -0.39 is 10.0 Å². The fraction of sp³-hybridized carbons (Fsp3) is 0.231. The van der Waals surface area contributed by atoms with Gasteiger partial charge in [-0.3, -0.25) is 0 Å². The van der Waals surface area contributed by atoms with Crippen LogP contribution in [0.15, 0.2) is 39.8 Å². The van der Waals surface area contributed by atoms with Gasteiger partial charge in [-0.2, -0.15) is 0 Å². The molecule has 2 aromatic rings. The Balaban J connectivity index is 2.04. The summed E-state index contributed by atoms with van der Waals surface area (Å²) in [4.78, 5) is 0. The summed E-state index contributed by atoms with van der Waals surface area (Å²) in [5.41, 5.74) is 0.888. The highest BCUT2D eigenvalue weighted by molar-refractivity contribution is 7.89. The molecule has 1 heterocycles. The van der Waals surface area contributed by atoms with Crippen molar-refractivity contribution in [3.05, 3.63) is 51.7 Å². The predicted octanol–water partition coefficient (Wildman–Crippen LogP) is 3.08. The third-order valence-electron chi connectivity index (χ3n) is 2.93. The van der Waals surface area contributed by atoms with Crippen molar-refractivity contribution in [2.75, 3.05) is 0 Å². The van der Waals surface area contributed by atoms with E-state index >= 15 is 0 Å². The molecule has 0 saturated heterocycles. The number of hydrogen-bond acceptors (Lipinski definition) is 4. The van der Waals surface area contributed by atoms with Crippen LogP contribution in [0.2, 0.25) is 10.0 Å². The van der Waals surface area contributed by atoms with E-state index in [9.17, 15) is 8.42 Å². The normalized spacial score (nSPS) is 13.3. The minimum Gasteiger partial charge on any atom is -0.447 e. The molecule has 1 aromatic carbocycles. The molecule has 1 unspecified atom stereocenters. The highest BCUT2D eigenvalue weighted by Gasteiger charge is 2.14. The summed E-state index contributed by atoms with van der Waals surface area (Å²) in [6.45, 7) is 2.27. The zero-order chi connectivity index (χ0) is 15.6. The van der Waals surface area contributed by atoms with Gasteiger partial charge in [0.05, 0.1) is 6.54 Å². The molecular weight excluding hydrogens is 335 g/mol. The van der Waals surface area contributed by atoms with Crippen molar-refractivity contribution >= 4 is 33.2 Å². The zero-order valence-corrected chi connectivity index (χ0v) is 13.5. The van der Waals surface area contributed by atoms with Crippen LogP contribution in [0.4, 0.5) is 0 Å². The molecule has 0 saturated carbocycles. The smallest absolute Gasteiger partial charge is 0.271 e. The van der Waals surface area contributed by atoms with Crippen LogP contribution in [0.3, 0.4) is 0 Å². The van der Waals surface area contributed by atoms with Crippen molar-refractivity contribution in [2.24, 2.45) is 5.14 Å². The van der Waals surface area contributed by atoms with E-state index in [1.165, 1.54) is 6.07 Å². The number of nitrogens with one attached hydrogen (secondary N) is 1. The van der Waals surface area contributed by atoms with Crippen molar-refractivity contribution < 1.29 is 12.8 Å². The molecule has 0 amide bonds. The van der Waals surface area contributed by atoms with Crippen LogP contribution in [0.25, 0.3) is 0 Å². The van der Waals surface area contributed by atoms with E-state index in [4.69, 9.17) is 32.8 Å². The average molecular weight is 349 g/mol. The molecule has 8 heteroatoms. The van der Waals surface area contributed by atoms with Crippen LogP contribution in [-0.4, -0.2) is 8.42 Å². The monoisotopic (exact) mass is 348 g/mol. The molecule has 114 valence electrons. The Hall–Kier alpha value is -1.05. The molecule has 0 radical (unpaired) electrons. The molecule has 0 aliphatic carbocycles. The van der Waals surface area contributed by atoms with Gasteiger partial charge in [0.2, 0.25) is 5.09 Å². The highest BCUT2D eigenvalue weighted by atomic mass is 35.5. The molecule has 0 aliphatic rings. The summed E-state index contributed by atoms with van der Waals surface area (Å²) < 4.78 is 27.4. The van der Waals surface area contributed by atoms with Gasteiger partial charge in [-0.05, 0) is 36.8 Å². The molecule has 2 rings (SSSR count). The third-order valence-corrected chi connectivity index (χ3v) is 4.27. The standard InChI is InChI=1S/C13H14Cl2N2O3S/c1-8(11-4-2-9(14)6-12(11)15)17-7-10-3-5-13(20-10)21(16,18)19/h2-6,8,17H,7H2,1H3,(H2,16,18,19). The van der Waals surface area contributed by atoms with Gasteiger partial charge in [0.25, 0.3) is 10.0 Å². The van der Waals surface area contributed by atoms with Gasteiger partial charge >= 0.3 is 0 Å². The van der Waals surface area contributed by atoms with Crippen molar-refractivity contribution in [3.8, 4) is 0 Å². The topological polar surface area (TPSA) is 85.3 Å². The van der Waals surface area contributed by atoms with Crippen LogP contribution < -0.4 is 10.5 Å². The van der Waals surface area contributed by atoms with E-state index in [1.807, 2.05) is 13.0 Å². The molecule has 0 aliphatic heterocycles. The second kappa shape index (κ2) is 6.37. The Bertz CT molecular complexity index is 744. The molecule has 5 nitrogen and oxygen atoms in total. The Labute approximate surface area is 133 Å². The van der Waals surface area contributed by atoms with Crippen molar-refractivity contribution in [3.63, 3.8) is 0 Å². The Morgan fingerprint density at radius 2 is 2.00 bits per heavy atom. The van der Waals surface area contributed by atoms with Crippen LogP contribution in [0.5, 0.6) is 0 Å². The maximum atomic E-state index is 11.1. The summed E-state index contributed by atoms with van der Waals surface area (Å²) in [5.74, 6) is 0.468. The Morgan fingerprint density at radius 3 is 2.57 bits per heavy atom. The number of sulfonamides is 1. The molecule has 1 atom stereocenters. The lowest BCUT2D eigenvalue weighted by atomic mass is 10.1. The summed E-state index contributed by atoms with van der Waals surface area (Å²) in [6, 6.07) is 8.09. The molecule has 3 N–H and O–H groups in total. The lowest BCUT2D eigenvalue weighted by Crippen LogP contribution is -2.18. The summed E-state index contributed by atoms with van der Waals surface area (Å²) in [7, 11) is -3.81. The first kappa shape index (κ1) is 16.3. The van der Waals surface area contributed by atoms with Crippen molar-refractivity contribution in [1.29, 1.82) is 0 Å². The van der Waals surface area contributed by atoms with Gasteiger partial charge in [-0.25, -0.2) is 13.6 Å². The first-order chi connectivity index (χ1) is 9.77. The first-order valence-corrected chi connectivity index (χ1v) is 8.37. The summed E-state index contributed by atoms with van der Waals surface area (Å²) in [6.07, 6.45) is 0. The Kier molecular flexibility index (Phi) is 4.95. The number of rotatable bonds is 5. The summed E-state index contributed by atoms with van der Waals surface area (Å²) >= 11 is 12.0. The van der Waals surface area contributed by atoms with E-state index in [0.29, 0.717) is 22.4 Å². The lowest BCUT2D eigenvalue weighted by Gasteiger charge is -2.15. The maximum absolute atomic E-state index is 11.1. The zero-order valence-electron chi connectivity index (χ0n) is 11.1. The highest BCUT2D eigenvalue weighted by Crippen LogP contribution is 2.26. The Morgan fingerprint density at radius 1 is 1.29 bits per heavy atom. The number of hydrogen-bond donors (Lipinski definition) is 2. The first-order valence-electron chi connectivity index (χ1n) is 6.07. The maximum Gasteiger partial charge on any atom is 0.271 e. The molecule has 21 heavy (non-hydrogen) atoms. The van der Waals surface area contributed by atoms with Gasteiger partial charge in [0.1, 0.15) is 5.76 Å². The predicted molar refractivity (Wildman–Crippen MR) is 81.8 cm³/mol. The van der Waals surface area contributed by atoms with E-state index in [0.717, 1.165) is 5.56 Å². The van der Waals surface area contributed by atoms with Crippen LogP contribution in [0.1, 0.15) is 24.3 Å². The summed E-state index contributed by atoms with van der Waals surface area (Å²) in [5, 5.41) is 9.04. The average Bonchev–Trinajstić information content (AvgIpc) is 2.84. The number of benzene rings is 1. The van der Waals surface area contributed by atoms with Gasteiger partial charge in [0.15, 0.2) is 0 Å². The fourth-order valence-electron chi connectivity index (χ4n) is 1.82. The largest absolute Gasteiger partial charge is 0.447 e. The molecule has 0 spiro atoms. The third kappa shape index (κ3) is 4.21. The molecule has 0 fully saturated rings. The van der Waals surface area contributed by atoms with E-state index in [1.54, 1.807) is 18.2 Å². The molecular formula is C13H14Cl2N2O3S. The van der Waals surface area contributed by atoms with E-state index in [-0.39, 0.29) is 11.1 Å². The number of nitrogens with two attached hydrogens (primary N) is 1. The number of halogens is 2. The van der Waals surface area contributed by atoms with Gasteiger partial charge in [-0.15, -0.1) is 0 Å². The van der Waals surface area contributed by atoms with E-state index in [2.05, 4.69) is 5.32 Å². The van der Waals surface area contributed by atoms with Crippen molar-refractivity contribution in [1.82, 2.24) is 5.32 Å². The van der Waals surface area contributed by atoms with Crippen LogP contribution in [-0.2, 0) is 16.6 Å². The number of primary sulfonamides is 1. The van der Waals surface area contributed by atoms with Crippen LogP contribution in [0, 0.1) is 0 Å². The minimum atomic E-state index is -3.81. The van der Waals surface area contributed by atoms with Gasteiger partial charge < -0.3 is 9.73 Å². The number of furan rings is 1. The lowest BCUT2D eigenvalue weighted by molar-refractivity contribution is 0.393. The second-order valence-corrected chi connectivity index (χ2v) is 6.87. The molecule has 1 aromatic heterocycles. The quantitative estimate of drug-likeness (QED) is 0.869. The van der Waals surface area contributed by atoms with Crippen LogP contribution >= 0.6 is 23.2 Å².